The van der Waals surface area contributed by atoms with Crippen molar-refractivity contribution in [3.63, 3.8) is 0 Å². The molecule has 0 spiro atoms. The summed E-state index contributed by atoms with van der Waals surface area (Å²) >= 11 is 0. The molecule has 0 aromatic carbocycles. The second kappa shape index (κ2) is 22.4. The Balaban J connectivity index is 0. The maximum absolute atomic E-state index is 10.8. The van der Waals surface area contributed by atoms with Crippen molar-refractivity contribution in [2.24, 2.45) is 5.73 Å². The molecule has 0 amide bonds. The van der Waals surface area contributed by atoms with E-state index in [1.807, 2.05) is 0 Å². The average molecular weight is 404 g/mol. The fourth-order valence-electron chi connectivity index (χ4n) is 1.71. The molecule has 8 nitrogen and oxygen atoms in total. The molecule has 0 aliphatic carbocycles. The number of phosphoric ester groups is 1. The summed E-state index contributed by atoms with van der Waals surface area (Å²) in [6.45, 7) is 5.92. The van der Waals surface area contributed by atoms with E-state index < -0.39 is 7.82 Å². The average Bonchev–Trinajstić information content (AvgIpc) is 2.61. The van der Waals surface area contributed by atoms with Crippen LogP contribution in [-0.4, -0.2) is 52.0 Å². The first-order valence-corrected chi connectivity index (χ1v) is 11.2. The lowest BCUT2D eigenvalue weighted by atomic mass is 10.2. The van der Waals surface area contributed by atoms with Crippen molar-refractivity contribution in [3.05, 3.63) is 0 Å². The standard InChI is InChI=1S/C8H20NO4P.C7H18NO2P/c1-3-9-7-5-4-6-8-13-14(10,11)12-2;1-9-11-10-7-5-3-2-4-6-8/h9H,3-8H2,1-2H3,(H,10,11);11H,2-8H2,1H3. The first kappa shape index (κ1) is 27.6. The Morgan fingerprint density at radius 1 is 1.04 bits per heavy atom. The van der Waals surface area contributed by atoms with Gasteiger partial charge in [-0.1, -0.05) is 19.8 Å². The molecule has 0 saturated heterocycles. The van der Waals surface area contributed by atoms with Gasteiger partial charge in [-0.2, -0.15) is 0 Å². The van der Waals surface area contributed by atoms with Crippen molar-refractivity contribution < 1.29 is 27.6 Å². The van der Waals surface area contributed by atoms with Crippen LogP contribution in [0.3, 0.4) is 0 Å². The third-order valence-electron chi connectivity index (χ3n) is 3.08. The van der Waals surface area contributed by atoms with Crippen LogP contribution < -0.4 is 11.1 Å². The second-order valence-electron chi connectivity index (χ2n) is 5.24. The van der Waals surface area contributed by atoms with E-state index >= 15 is 0 Å². The Morgan fingerprint density at radius 2 is 1.68 bits per heavy atom. The molecular weight excluding hydrogens is 366 g/mol. The van der Waals surface area contributed by atoms with E-state index in [9.17, 15) is 4.57 Å². The second-order valence-corrected chi connectivity index (χ2v) is 7.66. The monoisotopic (exact) mass is 404 g/mol. The van der Waals surface area contributed by atoms with Gasteiger partial charge in [0.05, 0.1) is 13.2 Å². The summed E-state index contributed by atoms with van der Waals surface area (Å²) in [7, 11) is -0.744. The molecule has 0 heterocycles. The minimum atomic E-state index is -3.75. The van der Waals surface area contributed by atoms with Crippen LogP contribution in [0.2, 0.25) is 0 Å². The van der Waals surface area contributed by atoms with Gasteiger partial charge in [-0.25, -0.2) is 4.57 Å². The summed E-state index contributed by atoms with van der Waals surface area (Å²) in [5, 5.41) is 3.20. The van der Waals surface area contributed by atoms with Crippen LogP contribution >= 0.6 is 16.9 Å². The highest BCUT2D eigenvalue weighted by atomic mass is 31.2. The zero-order valence-electron chi connectivity index (χ0n) is 16.0. The lowest BCUT2D eigenvalue weighted by Gasteiger charge is -2.08. The Bertz CT molecular complexity index is 293. The minimum Gasteiger partial charge on any atom is -0.340 e. The Morgan fingerprint density at radius 3 is 2.28 bits per heavy atom. The molecule has 25 heavy (non-hydrogen) atoms. The molecule has 0 aliphatic rings. The molecule has 154 valence electrons. The van der Waals surface area contributed by atoms with Crippen LogP contribution in [-0.2, 0) is 22.7 Å². The quantitative estimate of drug-likeness (QED) is 0.250. The van der Waals surface area contributed by atoms with Gasteiger partial charge in [-0.3, -0.25) is 9.05 Å². The smallest absolute Gasteiger partial charge is 0.340 e. The first-order valence-electron chi connectivity index (χ1n) is 8.87. The molecule has 2 unspecified atom stereocenters. The zero-order valence-corrected chi connectivity index (χ0v) is 17.9. The van der Waals surface area contributed by atoms with Crippen LogP contribution in [0.25, 0.3) is 0 Å². The van der Waals surface area contributed by atoms with Gasteiger partial charge in [0.15, 0.2) is 9.03 Å². The van der Waals surface area contributed by atoms with Gasteiger partial charge in [0, 0.05) is 14.2 Å². The van der Waals surface area contributed by atoms with Crippen molar-refractivity contribution in [2.75, 3.05) is 47.1 Å². The number of phosphoric acid groups is 1. The Labute approximate surface area is 155 Å². The van der Waals surface area contributed by atoms with Gasteiger partial charge >= 0.3 is 7.82 Å². The van der Waals surface area contributed by atoms with E-state index in [1.54, 1.807) is 7.11 Å². The van der Waals surface area contributed by atoms with Crippen LogP contribution in [0.5, 0.6) is 0 Å². The highest BCUT2D eigenvalue weighted by Crippen LogP contribution is 2.41. The topological polar surface area (TPSA) is 112 Å². The van der Waals surface area contributed by atoms with Gasteiger partial charge in [0.1, 0.15) is 0 Å². The van der Waals surface area contributed by atoms with E-state index in [0.29, 0.717) is 0 Å². The van der Waals surface area contributed by atoms with Crippen LogP contribution in [0.4, 0.5) is 0 Å². The van der Waals surface area contributed by atoms with Crippen LogP contribution in [0, 0.1) is 0 Å². The van der Waals surface area contributed by atoms with Crippen molar-refractivity contribution in [3.8, 4) is 0 Å². The summed E-state index contributed by atoms with van der Waals surface area (Å²) in [5.74, 6) is 0. The van der Waals surface area contributed by atoms with Gasteiger partial charge in [-0.05, 0) is 51.7 Å². The fourth-order valence-corrected chi connectivity index (χ4v) is 2.52. The molecule has 0 aromatic rings. The van der Waals surface area contributed by atoms with Crippen LogP contribution in [0.1, 0.15) is 51.9 Å². The summed E-state index contributed by atoms with van der Waals surface area (Å²) < 4.78 is 29.6. The Hall–Kier alpha value is 0.380. The minimum absolute atomic E-state index is 0.202. The van der Waals surface area contributed by atoms with Gasteiger partial charge in [-0.15, -0.1) is 0 Å². The normalized spacial score (nSPS) is 13.6. The number of nitrogens with two attached hydrogens (primary N) is 1. The van der Waals surface area contributed by atoms with Gasteiger partial charge in [0.2, 0.25) is 0 Å². The number of rotatable bonds is 17. The largest absolute Gasteiger partial charge is 0.471 e. The highest BCUT2D eigenvalue weighted by Gasteiger charge is 2.17. The molecule has 2 atom stereocenters. The molecular formula is C15H38N2O6P2. The highest BCUT2D eigenvalue weighted by molar-refractivity contribution is 7.47. The molecule has 4 N–H and O–H groups in total. The van der Waals surface area contributed by atoms with Crippen molar-refractivity contribution in [2.45, 2.75) is 51.9 Å². The number of unbranched alkanes of at least 4 members (excludes halogenated alkanes) is 5. The number of hydrogen-bond donors (Lipinski definition) is 3. The van der Waals surface area contributed by atoms with E-state index in [1.165, 1.54) is 12.8 Å². The summed E-state index contributed by atoms with van der Waals surface area (Å²) in [4.78, 5) is 8.86. The van der Waals surface area contributed by atoms with E-state index in [2.05, 4.69) is 21.3 Å². The van der Waals surface area contributed by atoms with Crippen LogP contribution in [0.15, 0.2) is 0 Å². The third kappa shape index (κ3) is 26.7. The lowest BCUT2D eigenvalue weighted by molar-refractivity contribution is 0.170. The predicted molar refractivity (Wildman–Crippen MR) is 104 cm³/mol. The Kier molecular flexibility index (Phi) is 24.8. The maximum atomic E-state index is 10.8. The zero-order chi connectivity index (χ0) is 19.2. The van der Waals surface area contributed by atoms with E-state index in [-0.39, 0.29) is 15.6 Å². The third-order valence-corrected chi connectivity index (χ3v) is 4.53. The van der Waals surface area contributed by atoms with Crippen molar-refractivity contribution >= 4 is 16.9 Å². The molecule has 0 aliphatic heterocycles. The fraction of sp³-hybridized carbons (Fsp3) is 1.00. The molecule has 0 aromatic heterocycles. The summed E-state index contributed by atoms with van der Waals surface area (Å²) in [5.41, 5.74) is 5.34. The molecule has 0 radical (unpaired) electrons. The number of hydrogen-bond acceptors (Lipinski definition) is 7. The molecule has 0 rings (SSSR count). The number of nitrogens with one attached hydrogen (secondary N) is 1. The van der Waals surface area contributed by atoms with E-state index in [4.69, 9.17) is 19.7 Å². The first-order chi connectivity index (χ1) is 12.0. The molecule has 0 fully saturated rings. The summed E-state index contributed by atoms with van der Waals surface area (Å²) in [6.07, 6.45) is 7.50. The molecule has 10 heteroatoms. The van der Waals surface area contributed by atoms with Gasteiger partial charge < -0.3 is 25.0 Å². The van der Waals surface area contributed by atoms with E-state index in [0.717, 1.165) is 65.5 Å². The van der Waals surface area contributed by atoms with Crippen molar-refractivity contribution in [1.29, 1.82) is 0 Å². The summed E-state index contributed by atoms with van der Waals surface area (Å²) in [6, 6.07) is 0. The lowest BCUT2D eigenvalue weighted by Crippen LogP contribution is -2.13. The molecule has 0 saturated carbocycles. The van der Waals surface area contributed by atoms with Crippen molar-refractivity contribution in [1.82, 2.24) is 5.32 Å². The predicted octanol–water partition coefficient (Wildman–Crippen LogP) is 3.21. The maximum Gasteiger partial charge on any atom is 0.471 e. The van der Waals surface area contributed by atoms with Gasteiger partial charge in [0.25, 0.3) is 0 Å². The SMILES string of the molecule is CCNCCCCCOP(=O)(O)OC.COPOCCCCCCN. The molecule has 0 bridgehead atoms.